The van der Waals surface area contributed by atoms with E-state index < -0.39 is 29.5 Å². The number of carboxylic acids is 1. The number of carboxylic acid groups (broad SMARTS) is 1. The molecule has 5 nitrogen and oxygen atoms in total. The first-order valence-electron chi connectivity index (χ1n) is 5.89. The highest BCUT2D eigenvalue weighted by molar-refractivity contribution is 5.93. The minimum atomic E-state index is -4.87. The van der Waals surface area contributed by atoms with E-state index in [9.17, 15) is 18.0 Å². The van der Waals surface area contributed by atoms with Gasteiger partial charge in [-0.15, -0.1) is 0 Å². The number of aromatic nitrogens is 2. The van der Waals surface area contributed by atoms with Crippen LogP contribution in [0.5, 0.6) is 0 Å². The second kappa shape index (κ2) is 5.28. The lowest BCUT2D eigenvalue weighted by molar-refractivity contribution is -0.141. The van der Waals surface area contributed by atoms with Crippen molar-refractivity contribution in [3.8, 4) is 0 Å². The lowest BCUT2D eigenvalue weighted by Gasteiger charge is -2.12. The van der Waals surface area contributed by atoms with Gasteiger partial charge in [0.1, 0.15) is 0 Å². The molecule has 112 valence electrons. The van der Waals surface area contributed by atoms with E-state index in [1.807, 2.05) is 0 Å². The van der Waals surface area contributed by atoms with Crippen LogP contribution in [0.1, 0.15) is 34.8 Å². The first kappa shape index (κ1) is 15.2. The zero-order chi connectivity index (χ0) is 15.8. The van der Waals surface area contributed by atoms with E-state index in [1.165, 1.54) is 13.2 Å². The molecule has 0 saturated carbocycles. The smallest absolute Gasteiger partial charge is 0.434 e. The number of hydrogen-bond donors (Lipinski definition) is 1. The highest BCUT2D eigenvalue weighted by atomic mass is 19.4. The number of nitrogens with zero attached hydrogens (tertiary/aromatic N) is 2. The summed E-state index contributed by atoms with van der Waals surface area (Å²) in [5, 5.41) is 9.10. The highest BCUT2D eigenvalue weighted by Crippen LogP contribution is 2.32. The molecule has 0 saturated heterocycles. The molecule has 0 bridgehead atoms. The maximum absolute atomic E-state index is 12.9. The number of halogens is 3. The van der Waals surface area contributed by atoms with Crippen LogP contribution in [0, 0.1) is 0 Å². The summed E-state index contributed by atoms with van der Waals surface area (Å²) in [6.45, 7) is 1.68. The van der Waals surface area contributed by atoms with Crippen molar-refractivity contribution in [1.29, 1.82) is 0 Å². The average molecular weight is 300 g/mol. The lowest BCUT2D eigenvalue weighted by Crippen LogP contribution is -2.16. The van der Waals surface area contributed by atoms with Crippen molar-refractivity contribution < 1.29 is 27.8 Å². The Labute approximate surface area is 117 Å². The van der Waals surface area contributed by atoms with Crippen molar-refractivity contribution in [3.05, 3.63) is 35.2 Å². The molecule has 2 aromatic heterocycles. The third-order valence-electron chi connectivity index (χ3n) is 2.97. The number of aromatic carboxylic acids is 1. The monoisotopic (exact) mass is 300 g/mol. The first-order valence-corrected chi connectivity index (χ1v) is 5.89. The van der Waals surface area contributed by atoms with Crippen LogP contribution in [0.25, 0.3) is 11.0 Å². The zero-order valence-corrected chi connectivity index (χ0v) is 11.1. The van der Waals surface area contributed by atoms with Gasteiger partial charge in [-0.1, -0.05) is 0 Å². The minimum Gasteiger partial charge on any atom is -0.478 e. The quantitative estimate of drug-likeness (QED) is 0.943. The molecule has 2 aromatic rings. The molecule has 2 rings (SSSR count). The van der Waals surface area contributed by atoms with Crippen molar-refractivity contribution in [2.75, 3.05) is 7.11 Å². The summed E-state index contributed by atoms with van der Waals surface area (Å²) in [5.41, 5.74) is -2.12. The van der Waals surface area contributed by atoms with Crippen LogP contribution in [0.3, 0.4) is 0 Å². The van der Waals surface area contributed by atoms with Crippen molar-refractivity contribution in [1.82, 2.24) is 9.97 Å². The third-order valence-corrected chi connectivity index (χ3v) is 2.97. The van der Waals surface area contributed by atoms with Crippen molar-refractivity contribution >= 4 is 17.0 Å². The molecule has 0 amide bonds. The summed E-state index contributed by atoms with van der Waals surface area (Å²) in [6.07, 6.45) is -5.28. The fourth-order valence-electron chi connectivity index (χ4n) is 1.79. The number of ether oxygens (including phenoxy) is 1. The molecule has 0 radical (unpaired) electrons. The van der Waals surface area contributed by atoms with E-state index in [4.69, 9.17) is 9.84 Å². The molecule has 2 heterocycles. The summed E-state index contributed by atoms with van der Waals surface area (Å²) < 4.78 is 43.7. The van der Waals surface area contributed by atoms with Gasteiger partial charge in [0.05, 0.1) is 17.4 Å². The molecular formula is C13H11F3N2O3. The number of pyridine rings is 2. The Bertz CT molecular complexity index is 701. The Morgan fingerprint density at radius 1 is 1.33 bits per heavy atom. The number of rotatable bonds is 3. The van der Waals surface area contributed by atoms with Crippen LogP contribution >= 0.6 is 0 Å². The molecule has 0 fully saturated rings. The molecule has 0 aromatic carbocycles. The summed E-state index contributed by atoms with van der Waals surface area (Å²) in [6, 6.07) is 3.94. The van der Waals surface area contributed by atoms with Crippen molar-refractivity contribution in [2.45, 2.75) is 19.2 Å². The van der Waals surface area contributed by atoms with Crippen molar-refractivity contribution in [2.24, 2.45) is 0 Å². The molecular weight excluding hydrogens is 289 g/mol. The van der Waals surface area contributed by atoms with Gasteiger partial charge in [-0.2, -0.15) is 13.2 Å². The molecule has 0 spiro atoms. The second-order valence-corrected chi connectivity index (χ2v) is 4.35. The van der Waals surface area contributed by atoms with Gasteiger partial charge >= 0.3 is 12.1 Å². The van der Waals surface area contributed by atoms with Gasteiger partial charge in [-0.3, -0.25) is 0 Å². The first-order chi connectivity index (χ1) is 9.74. The fraction of sp³-hybridized carbons (Fsp3) is 0.308. The van der Waals surface area contributed by atoms with Crippen molar-refractivity contribution in [3.63, 3.8) is 0 Å². The molecule has 8 heteroatoms. The van der Waals surface area contributed by atoms with Crippen LogP contribution in [-0.2, 0) is 10.9 Å². The fourth-order valence-corrected chi connectivity index (χ4v) is 1.79. The number of carbonyl (C=O) groups is 1. The normalized spacial score (nSPS) is 13.4. The van der Waals surface area contributed by atoms with Crippen LogP contribution in [-0.4, -0.2) is 28.2 Å². The van der Waals surface area contributed by atoms with E-state index in [1.54, 1.807) is 13.0 Å². The van der Waals surface area contributed by atoms with Crippen LogP contribution in [0.2, 0.25) is 0 Å². The Kier molecular flexibility index (Phi) is 3.82. The summed E-state index contributed by atoms with van der Waals surface area (Å²) in [5.74, 6) is -1.69. The van der Waals surface area contributed by atoms with E-state index in [-0.39, 0.29) is 11.0 Å². The maximum atomic E-state index is 12.9. The van der Waals surface area contributed by atoms with Gasteiger partial charge in [-0.05, 0) is 25.1 Å². The van der Waals surface area contributed by atoms with Gasteiger partial charge in [0.2, 0.25) is 0 Å². The molecule has 0 aliphatic rings. The second-order valence-electron chi connectivity index (χ2n) is 4.35. The Morgan fingerprint density at radius 3 is 2.52 bits per heavy atom. The molecule has 0 aliphatic carbocycles. The zero-order valence-electron chi connectivity index (χ0n) is 11.1. The number of methoxy groups -OCH3 is 1. The Balaban J connectivity index is 2.70. The van der Waals surface area contributed by atoms with Gasteiger partial charge in [0.15, 0.2) is 11.3 Å². The predicted molar refractivity (Wildman–Crippen MR) is 66.9 cm³/mol. The Hall–Kier alpha value is -2.22. The number of fused-ring (bicyclic) bond motifs is 1. The summed E-state index contributed by atoms with van der Waals surface area (Å²) >= 11 is 0. The third kappa shape index (κ3) is 2.94. The topological polar surface area (TPSA) is 72.3 Å². The number of alkyl halides is 3. The van der Waals surface area contributed by atoms with Crippen LogP contribution in [0.4, 0.5) is 13.2 Å². The van der Waals surface area contributed by atoms with Gasteiger partial charge in [0, 0.05) is 12.5 Å². The maximum Gasteiger partial charge on any atom is 0.434 e. The van der Waals surface area contributed by atoms with E-state index in [0.717, 1.165) is 6.07 Å². The van der Waals surface area contributed by atoms with Gasteiger partial charge < -0.3 is 9.84 Å². The largest absolute Gasteiger partial charge is 0.478 e. The van der Waals surface area contributed by atoms with E-state index in [0.29, 0.717) is 5.69 Å². The van der Waals surface area contributed by atoms with Crippen LogP contribution in [0.15, 0.2) is 18.2 Å². The van der Waals surface area contributed by atoms with Gasteiger partial charge in [0.25, 0.3) is 0 Å². The number of hydrogen-bond acceptors (Lipinski definition) is 4. The molecule has 1 atom stereocenters. The van der Waals surface area contributed by atoms with Crippen LogP contribution < -0.4 is 0 Å². The minimum absolute atomic E-state index is 0.172. The molecule has 1 N–H and O–H groups in total. The Morgan fingerprint density at radius 2 is 2.00 bits per heavy atom. The average Bonchev–Trinajstić information content (AvgIpc) is 2.43. The molecule has 0 aliphatic heterocycles. The van der Waals surface area contributed by atoms with Gasteiger partial charge in [-0.25, -0.2) is 14.8 Å². The van der Waals surface area contributed by atoms with E-state index in [2.05, 4.69) is 9.97 Å². The SMILES string of the molecule is COC(C)c1ccc2cc(C(=O)O)c(C(F)(F)F)nc2n1. The van der Waals surface area contributed by atoms with E-state index >= 15 is 0 Å². The predicted octanol–water partition coefficient (Wildman–Crippen LogP) is 3.05. The summed E-state index contributed by atoms with van der Waals surface area (Å²) in [7, 11) is 1.44. The standard InChI is InChI=1S/C13H11F3N2O3/c1-6(21-2)9-4-3-7-5-8(12(19)20)10(13(14,15)16)18-11(7)17-9/h3-6H,1-2H3,(H,19,20). The molecule has 1 unspecified atom stereocenters. The lowest BCUT2D eigenvalue weighted by atomic mass is 10.1. The molecule has 21 heavy (non-hydrogen) atoms. The highest BCUT2D eigenvalue weighted by Gasteiger charge is 2.38. The summed E-state index contributed by atoms with van der Waals surface area (Å²) in [4.78, 5) is 18.3.